The summed E-state index contributed by atoms with van der Waals surface area (Å²) >= 11 is 0. The van der Waals surface area contributed by atoms with Gasteiger partial charge in [-0.15, -0.1) is 6.42 Å². The number of anilines is 2. The number of benzene rings is 3. The second-order valence-electron chi connectivity index (χ2n) is 13.1. The highest BCUT2D eigenvalue weighted by atomic mass is 28.3. The van der Waals surface area contributed by atoms with E-state index < -0.39 is 19.6 Å². The Morgan fingerprint density at radius 2 is 1.31 bits per heavy atom. The van der Waals surface area contributed by atoms with Gasteiger partial charge in [0, 0.05) is 68.4 Å². The van der Waals surface area contributed by atoms with E-state index in [1.54, 1.807) is 12.1 Å². The largest absolute Gasteiger partial charge is 0.441 e. The second-order valence-corrected chi connectivity index (χ2v) is 17.4. The number of nitrogens with zero attached hydrogens (tertiary/aromatic N) is 2. The first kappa shape index (κ1) is 36.1. The van der Waals surface area contributed by atoms with Gasteiger partial charge in [-0.3, -0.25) is 4.79 Å². The standard InChI is InChI=1S/C38H47N3O7Si/c1-8-16-44-18-20-46-22-23-47-21-19-45-17-15-39-36(42)27-9-12-30-33(24-27)38(48-37(30)43)31-13-10-28(40(2)3)25-34(31)49(6,7)35-26-29(41(4)5)11-14-32(35)38/h1,9-14,24-26H,15-23H2,2-7H3,(H,39,42). The lowest BCUT2D eigenvalue weighted by atomic mass is 9.78. The van der Waals surface area contributed by atoms with Gasteiger partial charge in [0.1, 0.15) is 14.7 Å². The van der Waals surface area contributed by atoms with E-state index in [1.807, 2.05) is 34.3 Å². The van der Waals surface area contributed by atoms with Gasteiger partial charge in [0.2, 0.25) is 0 Å². The summed E-state index contributed by atoms with van der Waals surface area (Å²) in [5, 5.41) is 5.36. The van der Waals surface area contributed by atoms with Crippen molar-refractivity contribution in [2.45, 2.75) is 18.7 Å². The summed E-state index contributed by atoms with van der Waals surface area (Å²) in [4.78, 5) is 31.2. The Morgan fingerprint density at radius 3 is 1.84 bits per heavy atom. The second kappa shape index (κ2) is 15.6. The summed E-state index contributed by atoms with van der Waals surface area (Å²) in [6.45, 7) is 8.26. The third-order valence-corrected chi connectivity index (χ3v) is 12.6. The number of hydrogen-bond donors (Lipinski definition) is 1. The zero-order chi connectivity index (χ0) is 35.2. The number of rotatable bonds is 16. The van der Waals surface area contributed by atoms with E-state index in [9.17, 15) is 9.59 Å². The molecule has 10 nitrogen and oxygen atoms in total. The minimum Gasteiger partial charge on any atom is -0.441 e. The van der Waals surface area contributed by atoms with Gasteiger partial charge in [-0.2, -0.15) is 0 Å². The molecule has 1 amide bonds. The van der Waals surface area contributed by atoms with Crippen LogP contribution in [0.3, 0.4) is 0 Å². The first-order valence-corrected chi connectivity index (χ1v) is 19.6. The summed E-state index contributed by atoms with van der Waals surface area (Å²) in [6, 6.07) is 18.1. The van der Waals surface area contributed by atoms with E-state index in [-0.39, 0.29) is 12.5 Å². The molecule has 49 heavy (non-hydrogen) atoms. The van der Waals surface area contributed by atoms with Gasteiger partial charge in [0.25, 0.3) is 5.91 Å². The van der Waals surface area contributed by atoms with Crippen LogP contribution in [0.25, 0.3) is 0 Å². The lowest BCUT2D eigenvalue weighted by Crippen LogP contribution is -2.63. The maximum atomic E-state index is 13.6. The normalized spacial score (nSPS) is 14.8. The van der Waals surface area contributed by atoms with Gasteiger partial charge in [-0.05, 0) is 52.8 Å². The van der Waals surface area contributed by atoms with Crippen molar-refractivity contribution < 1.29 is 33.3 Å². The Kier molecular flexibility index (Phi) is 11.5. The van der Waals surface area contributed by atoms with Crippen LogP contribution < -0.4 is 25.5 Å². The molecule has 0 saturated heterocycles. The number of carbonyl (C=O) groups is 2. The van der Waals surface area contributed by atoms with Gasteiger partial charge in [0.15, 0.2) is 5.60 Å². The molecule has 0 aromatic heterocycles. The van der Waals surface area contributed by atoms with Gasteiger partial charge >= 0.3 is 5.97 Å². The molecule has 0 atom stereocenters. The first-order valence-electron chi connectivity index (χ1n) is 16.6. The molecule has 11 heteroatoms. The molecule has 2 aliphatic rings. The molecule has 0 bridgehead atoms. The average Bonchev–Trinajstić information content (AvgIpc) is 3.38. The van der Waals surface area contributed by atoms with E-state index in [0.717, 1.165) is 22.5 Å². The predicted molar refractivity (Wildman–Crippen MR) is 194 cm³/mol. The molecule has 1 spiro atoms. The molecule has 3 aromatic carbocycles. The smallest absolute Gasteiger partial charge is 0.340 e. The number of hydrogen-bond acceptors (Lipinski definition) is 9. The van der Waals surface area contributed by atoms with Gasteiger partial charge in [-0.1, -0.05) is 31.1 Å². The molecule has 0 radical (unpaired) electrons. The topological polar surface area (TPSA) is 98.8 Å². The van der Waals surface area contributed by atoms with Crippen LogP contribution in [0.15, 0.2) is 54.6 Å². The van der Waals surface area contributed by atoms with Crippen molar-refractivity contribution in [3.63, 3.8) is 0 Å². The fraction of sp³-hybridized carbons (Fsp3) is 0.421. The van der Waals surface area contributed by atoms with Crippen molar-refractivity contribution in [1.29, 1.82) is 0 Å². The number of esters is 1. The predicted octanol–water partition coefficient (Wildman–Crippen LogP) is 2.85. The van der Waals surface area contributed by atoms with Gasteiger partial charge in [-0.25, -0.2) is 4.79 Å². The summed E-state index contributed by atoms with van der Waals surface area (Å²) in [5.41, 5.74) is 4.52. The van der Waals surface area contributed by atoms with Crippen LogP contribution in [-0.4, -0.2) is 108 Å². The maximum absolute atomic E-state index is 13.6. The first-order chi connectivity index (χ1) is 23.5. The molecule has 0 aliphatic carbocycles. The van der Waals surface area contributed by atoms with Crippen molar-refractivity contribution >= 4 is 41.7 Å². The van der Waals surface area contributed by atoms with E-state index >= 15 is 0 Å². The van der Waals surface area contributed by atoms with Crippen molar-refractivity contribution in [3.8, 4) is 12.3 Å². The highest BCUT2D eigenvalue weighted by molar-refractivity contribution is 7.01. The van der Waals surface area contributed by atoms with Crippen LogP contribution in [-0.2, 0) is 29.3 Å². The van der Waals surface area contributed by atoms with Crippen LogP contribution in [0.2, 0.25) is 13.1 Å². The van der Waals surface area contributed by atoms with Crippen LogP contribution in [0, 0.1) is 12.3 Å². The third kappa shape index (κ3) is 7.39. The zero-order valence-electron chi connectivity index (χ0n) is 29.4. The van der Waals surface area contributed by atoms with Crippen molar-refractivity contribution in [2.75, 3.05) is 97.4 Å². The monoisotopic (exact) mass is 685 g/mol. The molecule has 1 N–H and O–H groups in total. The SMILES string of the molecule is C#CCOCCOCCOCCOCCNC(=O)c1ccc2c(c1)C1(OC2=O)c2ccc(N(C)C)cc2[Si](C)(C)c2cc(N(C)C)ccc21. The Morgan fingerprint density at radius 1 is 0.776 bits per heavy atom. The van der Waals surface area contributed by atoms with Crippen molar-refractivity contribution in [3.05, 3.63) is 82.4 Å². The summed E-state index contributed by atoms with van der Waals surface area (Å²) in [7, 11) is 5.85. The summed E-state index contributed by atoms with van der Waals surface area (Å²) in [6.07, 6.45) is 5.13. The zero-order valence-corrected chi connectivity index (χ0v) is 30.4. The molecule has 0 saturated carbocycles. The fourth-order valence-corrected chi connectivity index (χ4v) is 9.67. The Bertz CT molecular complexity index is 1650. The van der Waals surface area contributed by atoms with Crippen molar-refractivity contribution in [1.82, 2.24) is 5.32 Å². The molecule has 2 aliphatic heterocycles. The van der Waals surface area contributed by atoms with Crippen LogP contribution >= 0.6 is 0 Å². The third-order valence-electron chi connectivity index (χ3n) is 9.10. The minimum absolute atomic E-state index is 0.252. The summed E-state index contributed by atoms with van der Waals surface area (Å²) < 4.78 is 28.2. The lowest BCUT2D eigenvalue weighted by molar-refractivity contribution is 0.00175. The Hall–Kier alpha value is -4.18. The molecule has 3 aromatic rings. The van der Waals surface area contributed by atoms with E-state index in [2.05, 4.69) is 70.5 Å². The van der Waals surface area contributed by atoms with Gasteiger partial charge in [0.05, 0.1) is 51.8 Å². The Labute approximate surface area is 290 Å². The van der Waals surface area contributed by atoms with E-state index in [0.29, 0.717) is 69.5 Å². The number of fused-ring (bicyclic) bond motifs is 6. The van der Waals surface area contributed by atoms with Crippen molar-refractivity contribution in [2.24, 2.45) is 0 Å². The molecule has 0 fully saturated rings. The fourth-order valence-electron chi connectivity index (χ4n) is 6.49. The quantitative estimate of drug-likeness (QED) is 0.106. The number of nitrogens with one attached hydrogen (secondary N) is 1. The van der Waals surface area contributed by atoms with Crippen LogP contribution in [0.1, 0.15) is 37.4 Å². The highest BCUT2D eigenvalue weighted by Gasteiger charge is 2.56. The number of ether oxygens (including phenoxy) is 5. The van der Waals surface area contributed by atoms with Gasteiger partial charge < -0.3 is 38.8 Å². The average molecular weight is 686 g/mol. The molecule has 2 heterocycles. The number of amides is 1. The molecule has 0 unspecified atom stereocenters. The summed E-state index contributed by atoms with van der Waals surface area (Å²) in [5.74, 6) is 1.75. The minimum atomic E-state index is -2.27. The van der Waals surface area contributed by atoms with Crippen LogP contribution in [0.4, 0.5) is 11.4 Å². The number of terminal acetylenes is 1. The molecule has 5 rings (SSSR count). The molecule has 260 valence electrons. The lowest BCUT2D eigenvalue weighted by Gasteiger charge is -2.44. The number of carbonyl (C=O) groups excluding carboxylic acids is 2. The van der Waals surface area contributed by atoms with Crippen LogP contribution in [0.5, 0.6) is 0 Å². The highest BCUT2D eigenvalue weighted by Crippen LogP contribution is 2.49. The molecular formula is C38H47N3O7Si. The molecular weight excluding hydrogens is 639 g/mol. The maximum Gasteiger partial charge on any atom is 0.340 e. The Balaban J connectivity index is 1.30. The van der Waals surface area contributed by atoms with E-state index in [4.69, 9.17) is 30.1 Å². The van der Waals surface area contributed by atoms with E-state index in [1.165, 1.54) is 10.4 Å².